The molecule has 0 aromatic rings. The molecule has 0 heterocycles. The van der Waals surface area contributed by atoms with Crippen molar-refractivity contribution in [1.82, 2.24) is 5.32 Å². The van der Waals surface area contributed by atoms with Crippen LogP contribution in [0.15, 0.2) is 0 Å². The van der Waals surface area contributed by atoms with Crippen molar-refractivity contribution >= 4 is 11.9 Å². The molecule has 0 bridgehead atoms. The van der Waals surface area contributed by atoms with E-state index in [0.29, 0.717) is 25.3 Å². The number of aliphatic carboxylic acids is 1. The summed E-state index contributed by atoms with van der Waals surface area (Å²) in [7, 11) is 1.61. The van der Waals surface area contributed by atoms with Crippen molar-refractivity contribution in [2.75, 3.05) is 13.7 Å². The van der Waals surface area contributed by atoms with E-state index in [0.717, 1.165) is 6.42 Å². The lowest BCUT2D eigenvalue weighted by Crippen LogP contribution is -2.44. The number of carbonyl (C=O) groups excluding carboxylic acids is 1. The van der Waals surface area contributed by atoms with Crippen molar-refractivity contribution in [3.63, 3.8) is 0 Å². The van der Waals surface area contributed by atoms with Crippen molar-refractivity contribution in [2.24, 2.45) is 11.3 Å². The number of carboxylic acids is 1. The first kappa shape index (κ1) is 15.0. The third-order valence-corrected chi connectivity index (χ3v) is 3.81. The molecule has 104 valence electrons. The number of rotatable bonds is 7. The lowest BCUT2D eigenvalue weighted by atomic mass is 9.66. The Kier molecular flexibility index (Phi) is 5.14. The van der Waals surface area contributed by atoms with Gasteiger partial charge in [0.1, 0.15) is 0 Å². The standard InChI is InChI=1S/C13H23NO4/c1-9(2)10(18-3)8-14-11(15)7-13(12(16)17)5-4-6-13/h9-10H,4-8H2,1-3H3,(H,14,15)(H,16,17). The largest absolute Gasteiger partial charge is 0.481 e. The lowest BCUT2D eigenvalue weighted by Gasteiger charge is -2.37. The van der Waals surface area contributed by atoms with E-state index in [2.05, 4.69) is 5.32 Å². The van der Waals surface area contributed by atoms with Crippen molar-refractivity contribution in [3.8, 4) is 0 Å². The van der Waals surface area contributed by atoms with Crippen LogP contribution in [0, 0.1) is 11.3 Å². The maximum Gasteiger partial charge on any atom is 0.310 e. The SMILES string of the molecule is COC(CNC(=O)CC1(C(=O)O)CCC1)C(C)C. The molecule has 0 aliphatic heterocycles. The van der Waals surface area contributed by atoms with Gasteiger partial charge >= 0.3 is 5.97 Å². The summed E-state index contributed by atoms with van der Waals surface area (Å²) in [5.74, 6) is -0.733. The Labute approximate surface area is 108 Å². The van der Waals surface area contributed by atoms with E-state index in [1.54, 1.807) is 7.11 Å². The molecule has 5 heteroatoms. The molecule has 1 saturated carbocycles. The van der Waals surface area contributed by atoms with Crippen LogP contribution in [0.1, 0.15) is 39.5 Å². The van der Waals surface area contributed by atoms with Gasteiger partial charge in [0.05, 0.1) is 11.5 Å². The van der Waals surface area contributed by atoms with E-state index in [1.165, 1.54) is 0 Å². The molecule has 18 heavy (non-hydrogen) atoms. The van der Waals surface area contributed by atoms with E-state index in [-0.39, 0.29) is 18.4 Å². The highest BCUT2D eigenvalue weighted by atomic mass is 16.5. The summed E-state index contributed by atoms with van der Waals surface area (Å²) < 4.78 is 5.25. The monoisotopic (exact) mass is 257 g/mol. The number of ether oxygens (including phenoxy) is 1. The second kappa shape index (κ2) is 6.18. The average molecular weight is 257 g/mol. The first-order valence-corrected chi connectivity index (χ1v) is 6.44. The normalized spacial score (nSPS) is 19.1. The molecule has 1 fully saturated rings. The zero-order chi connectivity index (χ0) is 13.8. The molecule has 5 nitrogen and oxygen atoms in total. The quantitative estimate of drug-likeness (QED) is 0.723. The summed E-state index contributed by atoms with van der Waals surface area (Å²) >= 11 is 0. The van der Waals surface area contributed by atoms with E-state index < -0.39 is 11.4 Å². The van der Waals surface area contributed by atoms with Gasteiger partial charge in [-0.3, -0.25) is 9.59 Å². The van der Waals surface area contributed by atoms with E-state index in [4.69, 9.17) is 9.84 Å². The molecule has 2 N–H and O–H groups in total. The Balaban J connectivity index is 2.40. The summed E-state index contributed by atoms with van der Waals surface area (Å²) in [6.07, 6.45) is 2.15. The zero-order valence-electron chi connectivity index (χ0n) is 11.4. The Hall–Kier alpha value is -1.10. The second-order valence-corrected chi connectivity index (χ2v) is 5.44. The highest BCUT2D eigenvalue weighted by Gasteiger charge is 2.45. The molecule has 1 aliphatic rings. The number of carboxylic acid groups (broad SMARTS) is 1. The number of amides is 1. The van der Waals surface area contributed by atoms with Crippen LogP contribution in [0.4, 0.5) is 0 Å². The van der Waals surface area contributed by atoms with Gasteiger partial charge in [0.25, 0.3) is 0 Å². The molecular formula is C13H23NO4. The molecular weight excluding hydrogens is 234 g/mol. The molecule has 1 aliphatic carbocycles. The first-order valence-electron chi connectivity index (χ1n) is 6.44. The van der Waals surface area contributed by atoms with Crippen molar-refractivity contribution in [3.05, 3.63) is 0 Å². The minimum absolute atomic E-state index is 0.0314. The first-order chi connectivity index (χ1) is 8.41. The fourth-order valence-corrected chi connectivity index (χ4v) is 2.25. The van der Waals surface area contributed by atoms with Crippen LogP contribution in [-0.4, -0.2) is 36.7 Å². The molecule has 1 rings (SSSR count). The van der Waals surface area contributed by atoms with Gasteiger partial charge in [-0.1, -0.05) is 20.3 Å². The molecule has 1 amide bonds. The summed E-state index contributed by atoms with van der Waals surface area (Å²) in [5.41, 5.74) is -0.815. The Morgan fingerprint density at radius 3 is 2.33 bits per heavy atom. The summed E-state index contributed by atoms with van der Waals surface area (Å²) in [6, 6.07) is 0. The van der Waals surface area contributed by atoms with E-state index in [1.807, 2.05) is 13.8 Å². The van der Waals surface area contributed by atoms with E-state index in [9.17, 15) is 9.59 Å². The zero-order valence-corrected chi connectivity index (χ0v) is 11.4. The molecule has 0 spiro atoms. The highest BCUT2D eigenvalue weighted by Crippen LogP contribution is 2.44. The van der Waals surface area contributed by atoms with Crippen LogP contribution < -0.4 is 5.32 Å². The van der Waals surface area contributed by atoms with Gasteiger partial charge in [-0.15, -0.1) is 0 Å². The third kappa shape index (κ3) is 3.45. The Morgan fingerprint density at radius 1 is 1.39 bits per heavy atom. The summed E-state index contributed by atoms with van der Waals surface area (Å²) in [5, 5.41) is 11.9. The maximum atomic E-state index is 11.8. The predicted octanol–water partition coefficient (Wildman–Crippen LogP) is 1.42. The molecule has 0 radical (unpaired) electrons. The lowest BCUT2D eigenvalue weighted by molar-refractivity contribution is -0.157. The molecule has 0 saturated heterocycles. The highest BCUT2D eigenvalue weighted by molar-refractivity contribution is 5.85. The number of nitrogens with one attached hydrogen (secondary N) is 1. The fraction of sp³-hybridized carbons (Fsp3) is 0.846. The number of methoxy groups -OCH3 is 1. The molecule has 0 aromatic heterocycles. The number of hydrogen-bond donors (Lipinski definition) is 2. The summed E-state index contributed by atoms with van der Waals surface area (Å²) in [6.45, 7) is 4.47. The van der Waals surface area contributed by atoms with Gasteiger partial charge in [-0.05, 0) is 18.8 Å². The topological polar surface area (TPSA) is 75.6 Å². The smallest absolute Gasteiger partial charge is 0.310 e. The summed E-state index contributed by atoms with van der Waals surface area (Å²) in [4.78, 5) is 22.9. The van der Waals surface area contributed by atoms with Crippen LogP contribution in [0.25, 0.3) is 0 Å². The minimum Gasteiger partial charge on any atom is -0.481 e. The maximum absolute atomic E-state index is 11.8. The molecule has 0 aromatic carbocycles. The van der Waals surface area contributed by atoms with Gasteiger partial charge < -0.3 is 15.2 Å². The van der Waals surface area contributed by atoms with Gasteiger partial charge in [0.2, 0.25) is 5.91 Å². The third-order valence-electron chi connectivity index (χ3n) is 3.81. The van der Waals surface area contributed by atoms with Crippen molar-refractivity contribution in [1.29, 1.82) is 0 Å². The van der Waals surface area contributed by atoms with Crippen molar-refractivity contribution < 1.29 is 19.4 Å². The molecule has 1 unspecified atom stereocenters. The second-order valence-electron chi connectivity index (χ2n) is 5.44. The fourth-order valence-electron chi connectivity index (χ4n) is 2.25. The van der Waals surface area contributed by atoms with Gasteiger partial charge in [0.15, 0.2) is 0 Å². The predicted molar refractivity (Wildman–Crippen MR) is 67.2 cm³/mol. The van der Waals surface area contributed by atoms with Gasteiger partial charge in [0, 0.05) is 20.1 Å². The van der Waals surface area contributed by atoms with Crippen LogP contribution in [0.5, 0.6) is 0 Å². The average Bonchev–Trinajstić information content (AvgIpc) is 2.23. The molecule has 1 atom stereocenters. The van der Waals surface area contributed by atoms with Crippen molar-refractivity contribution in [2.45, 2.75) is 45.6 Å². The van der Waals surface area contributed by atoms with E-state index >= 15 is 0 Å². The Morgan fingerprint density at radius 2 is 2.00 bits per heavy atom. The Bertz CT molecular complexity index is 310. The van der Waals surface area contributed by atoms with Crippen LogP contribution in [-0.2, 0) is 14.3 Å². The van der Waals surface area contributed by atoms with Crippen LogP contribution in [0.3, 0.4) is 0 Å². The minimum atomic E-state index is -0.851. The van der Waals surface area contributed by atoms with Gasteiger partial charge in [-0.25, -0.2) is 0 Å². The number of hydrogen-bond acceptors (Lipinski definition) is 3. The van der Waals surface area contributed by atoms with Crippen LogP contribution >= 0.6 is 0 Å². The van der Waals surface area contributed by atoms with Gasteiger partial charge in [-0.2, -0.15) is 0 Å². The number of carbonyl (C=O) groups is 2. The van der Waals surface area contributed by atoms with Crippen LogP contribution in [0.2, 0.25) is 0 Å².